The van der Waals surface area contributed by atoms with Crippen LogP contribution in [0.4, 0.5) is 0 Å². The molecule has 62 heavy (non-hydrogen) atoms. The lowest BCUT2D eigenvalue weighted by Crippen LogP contribution is -2.30. The smallest absolute Gasteiger partial charge is 0.306 e. The van der Waals surface area contributed by atoms with Crippen molar-refractivity contribution >= 4 is 17.9 Å². The molecule has 0 saturated carbocycles. The maximum Gasteiger partial charge on any atom is 0.306 e. The van der Waals surface area contributed by atoms with Crippen molar-refractivity contribution in [3.8, 4) is 0 Å². The number of rotatable bonds is 50. The summed E-state index contributed by atoms with van der Waals surface area (Å²) in [5.74, 6) is -0.876. The first-order valence-electron chi connectivity index (χ1n) is 27.3. The van der Waals surface area contributed by atoms with Crippen LogP contribution in [0, 0.1) is 0 Å². The molecule has 0 amide bonds. The Morgan fingerprint density at radius 1 is 0.306 bits per heavy atom. The summed E-state index contributed by atoms with van der Waals surface area (Å²) in [5.41, 5.74) is 0. The average molecular weight is 873 g/mol. The first-order valence-corrected chi connectivity index (χ1v) is 27.3. The molecule has 6 heteroatoms. The molecule has 0 spiro atoms. The topological polar surface area (TPSA) is 78.9 Å². The highest BCUT2D eigenvalue weighted by Gasteiger charge is 2.19. The van der Waals surface area contributed by atoms with E-state index in [1.807, 2.05) is 0 Å². The highest BCUT2D eigenvalue weighted by molar-refractivity contribution is 5.71. The molecule has 1 unspecified atom stereocenters. The summed E-state index contributed by atoms with van der Waals surface area (Å²) >= 11 is 0. The van der Waals surface area contributed by atoms with Crippen LogP contribution in [0.1, 0.15) is 297 Å². The number of esters is 3. The minimum atomic E-state index is -0.773. The fourth-order valence-electron chi connectivity index (χ4n) is 8.01. The second-order valence-electron chi connectivity index (χ2n) is 18.5. The molecule has 0 aliphatic heterocycles. The van der Waals surface area contributed by atoms with Crippen LogP contribution >= 0.6 is 0 Å². The maximum absolute atomic E-state index is 12.8. The molecule has 364 valence electrons. The SMILES string of the molecule is CCCC/C=C\CCCCCCC(=O)OCC(COC(=O)CCCCCCCCCCCCCCCCCCCCC)OC(=O)CCCCCCCCC/C=C\CCCCCC. The second-order valence-corrected chi connectivity index (χ2v) is 18.5. The Morgan fingerprint density at radius 3 is 0.871 bits per heavy atom. The lowest BCUT2D eigenvalue weighted by Gasteiger charge is -2.18. The summed E-state index contributed by atoms with van der Waals surface area (Å²) in [4.78, 5) is 38.0. The fraction of sp³-hybridized carbons (Fsp3) is 0.875. The Labute approximate surface area is 385 Å². The molecule has 0 bridgehead atoms. The average Bonchev–Trinajstić information content (AvgIpc) is 3.27. The first-order chi connectivity index (χ1) is 30.5. The summed E-state index contributed by atoms with van der Waals surface area (Å²) in [6.07, 6.45) is 58.8. The van der Waals surface area contributed by atoms with Crippen LogP contribution in [0.3, 0.4) is 0 Å². The third-order valence-electron chi connectivity index (χ3n) is 12.2. The predicted octanol–water partition coefficient (Wildman–Crippen LogP) is 17.9. The third kappa shape index (κ3) is 48.9. The van der Waals surface area contributed by atoms with Crippen molar-refractivity contribution in [3.63, 3.8) is 0 Å². The number of carbonyl (C=O) groups is 3. The van der Waals surface area contributed by atoms with Gasteiger partial charge < -0.3 is 14.2 Å². The summed E-state index contributed by atoms with van der Waals surface area (Å²) < 4.78 is 16.8. The van der Waals surface area contributed by atoms with Crippen molar-refractivity contribution in [3.05, 3.63) is 24.3 Å². The van der Waals surface area contributed by atoms with E-state index in [0.29, 0.717) is 19.3 Å². The van der Waals surface area contributed by atoms with Crippen LogP contribution < -0.4 is 0 Å². The van der Waals surface area contributed by atoms with Gasteiger partial charge in [0.05, 0.1) is 0 Å². The molecule has 0 aromatic carbocycles. The molecule has 0 rings (SSSR count). The first kappa shape index (κ1) is 59.9. The predicted molar refractivity (Wildman–Crippen MR) is 266 cm³/mol. The molecule has 0 heterocycles. The number of unbranched alkanes of at least 4 members (excludes halogenated alkanes) is 35. The van der Waals surface area contributed by atoms with Gasteiger partial charge in [-0.05, 0) is 64.2 Å². The number of allylic oxidation sites excluding steroid dienone is 4. The number of hydrogen-bond donors (Lipinski definition) is 0. The third-order valence-corrected chi connectivity index (χ3v) is 12.2. The zero-order chi connectivity index (χ0) is 45.1. The largest absolute Gasteiger partial charge is 0.462 e. The van der Waals surface area contributed by atoms with Crippen molar-refractivity contribution in [1.82, 2.24) is 0 Å². The standard InChI is InChI=1S/C56H104O6/c1-4-7-10-13-16-19-22-24-26-27-28-29-31-32-34-37-40-43-46-49-55(58)61-52-53(51-60-54(57)48-45-42-39-36-21-18-15-12-9-6-3)62-56(59)50-47-44-41-38-35-33-30-25-23-20-17-14-11-8-5-2/h15,18,20,23,53H,4-14,16-17,19,21-22,24-52H2,1-3H3/b18-15-,23-20-. The highest BCUT2D eigenvalue weighted by Crippen LogP contribution is 2.16. The zero-order valence-electron chi connectivity index (χ0n) is 41.7. The minimum absolute atomic E-state index is 0.0726. The fourth-order valence-corrected chi connectivity index (χ4v) is 8.01. The van der Waals surface area contributed by atoms with Gasteiger partial charge in [0, 0.05) is 19.3 Å². The Morgan fingerprint density at radius 2 is 0.548 bits per heavy atom. The Bertz CT molecular complexity index is 1000. The molecule has 0 N–H and O–H groups in total. The van der Waals surface area contributed by atoms with Crippen molar-refractivity contribution in [2.75, 3.05) is 13.2 Å². The minimum Gasteiger partial charge on any atom is -0.462 e. The molecule has 1 atom stereocenters. The van der Waals surface area contributed by atoms with Crippen LogP contribution in [-0.4, -0.2) is 37.2 Å². The van der Waals surface area contributed by atoms with Gasteiger partial charge in [-0.2, -0.15) is 0 Å². The van der Waals surface area contributed by atoms with Gasteiger partial charge in [0.1, 0.15) is 13.2 Å². The second kappa shape index (κ2) is 51.5. The van der Waals surface area contributed by atoms with E-state index in [1.165, 1.54) is 180 Å². The monoisotopic (exact) mass is 873 g/mol. The highest BCUT2D eigenvalue weighted by atomic mass is 16.6. The lowest BCUT2D eigenvalue weighted by atomic mass is 10.0. The van der Waals surface area contributed by atoms with E-state index in [-0.39, 0.29) is 31.1 Å². The van der Waals surface area contributed by atoms with Gasteiger partial charge in [-0.15, -0.1) is 0 Å². The van der Waals surface area contributed by atoms with E-state index in [2.05, 4.69) is 45.1 Å². The molecular formula is C56H104O6. The van der Waals surface area contributed by atoms with Crippen LogP contribution in [0.5, 0.6) is 0 Å². The molecule has 0 fully saturated rings. The van der Waals surface area contributed by atoms with Crippen molar-refractivity contribution < 1.29 is 28.6 Å². The number of carbonyl (C=O) groups excluding carboxylic acids is 3. The molecule has 0 radical (unpaired) electrons. The lowest BCUT2D eigenvalue weighted by molar-refractivity contribution is -0.167. The van der Waals surface area contributed by atoms with Gasteiger partial charge in [0.25, 0.3) is 0 Å². The molecule has 0 saturated heterocycles. The quantitative estimate of drug-likeness (QED) is 0.0262. The van der Waals surface area contributed by atoms with Crippen molar-refractivity contribution in [2.45, 2.75) is 303 Å². The Hall–Kier alpha value is -2.11. The van der Waals surface area contributed by atoms with Crippen LogP contribution in [0.15, 0.2) is 24.3 Å². The molecule has 0 aromatic heterocycles. The van der Waals surface area contributed by atoms with Crippen molar-refractivity contribution in [2.24, 2.45) is 0 Å². The van der Waals surface area contributed by atoms with Crippen molar-refractivity contribution in [1.29, 1.82) is 0 Å². The number of hydrogen-bond acceptors (Lipinski definition) is 6. The van der Waals surface area contributed by atoms with Gasteiger partial charge in [0.2, 0.25) is 0 Å². The van der Waals surface area contributed by atoms with Gasteiger partial charge in [0.15, 0.2) is 6.10 Å². The Kier molecular flexibility index (Phi) is 49.8. The van der Waals surface area contributed by atoms with E-state index < -0.39 is 6.10 Å². The van der Waals surface area contributed by atoms with Gasteiger partial charge >= 0.3 is 17.9 Å². The van der Waals surface area contributed by atoms with E-state index in [4.69, 9.17) is 14.2 Å². The van der Waals surface area contributed by atoms with Crippen LogP contribution in [0.25, 0.3) is 0 Å². The van der Waals surface area contributed by atoms with E-state index in [9.17, 15) is 14.4 Å². The molecule has 0 aliphatic carbocycles. The normalized spacial score (nSPS) is 12.1. The molecule has 0 aromatic rings. The maximum atomic E-state index is 12.8. The Balaban J connectivity index is 4.27. The molecule has 6 nitrogen and oxygen atoms in total. The summed E-state index contributed by atoms with van der Waals surface area (Å²) in [7, 11) is 0. The van der Waals surface area contributed by atoms with E-state index in [1.54, 1.807) is 0 Å². The van der Waals surface area contributed by atoms with Gasteiger partial charge in [-0.25, -0.2) is 0 Å². The van der Waals surface area contributed by atoms with Crippen LogP contribution in [-0.2, 0) is 28.6 Å². The van der Waals surface area contributed by atoms with Crippen LogP contribution in [0.2, 0.25) is 0 Å². The van der Waals surface area contributed by atoms with Gasteiger partial charge in [-0.1, -0.05) is 238 Å². The number of ether oxygens (including phenoxy) is 3. The zero-order valence-corrected chi connectivity index (χ0v) is 41.7. The summed E-state index contributed by atoms with van der Waals surface area (Å²) in [6.45, 7) is 6.61. The van der Waals surface area contributed by atoms with E-state index >= 15 is 0 Å². The van der Waals surface area contributed by atoms with Gasteiger partial charge in [-0.3, -0.25) is 14.4 Å². The summed E-state index contributed by atoms with van der Waals surface area (Å²) in [6, 6.07) is 0. The summed E-state index contributed by atoms with van der Waals surface area (Å²) in [5, 5.41) is 0. The van der Waals surface area contributed by atoms with E-state index in [0.717, 1.165) is 77.0 Å². The molecule has 0 aliphatic rings. The molecular weight excluding hydrogens is 769 g/mol.